The molecule has 2 aromatic heterocycles. The second kappa shape index (κ2) is 8.45. The van der Waals surface area contributed by atoms with E-state index < -0.39 is 0 Å². The quantitative estimate of drug-likeness (QED) is 0.496. The van der Waals surface area contributed by atoms with E-state index in [9.17, 15) is 4.79 Å². The number of nitrogens with zero attached hydrogens (tertiary/aromatic N) is 2. The second-order valence-electron chi connectivity index (χ2n) is 6.09. The highest BCUT2D eigenvalue weighted by Crippen LogP contribution is 2.32. The van der Waals surface area contributed by atoms with Crippen LogP contribution in [0.5, 0.6) is 0 Å². The van der Waals surface area contributed by atoms with Crippen LogP contribution in [0.25, 0.3) is 11.3 Å². The molecule has 6 heteroatoms. The van der Waals surface area contributed by atoms with Crippen LogP contribution < -0.4 is 10.6 Å². The van der Waals surface area contributed by atoms with Gasteiger partial charge in [0.1, 0.15) is 4.88 Å². The SMILES string of the molecule is O=C(NCc1ccccc1)c1sc(Nc2ccncc2)nc1-c1ccccc1. The molecule has 0 aliphatic heterocycles. The molecular formula is C22H18N4OS. The van der Waals surface area contributed by atoms with E-state index in [-0.39, 0.29) is 5.91 Å². The monoisotopic (exact) mass is 386 g/mol. The van der Waals surface area contributed by atoms with Gasteiger partial charge >= 0.3 is 0 Å². The van der Waals surface area contributed by atoms with Gasteiger partial charge in [-0.3, -0.25) is 9.78 Å². The first-order valence-corrected chi connectivity index (χ1v) is 9.66. The van der Waals surface area contributed by atoms with Gasteiger partial charge in [0.05, 0.1) is 5.69 Å². The number of benzene rings is 2. The van der Waals surface area contributed by atoms with Gasteiger partial charge in [0.2, 0.25) is 0 Å². The number of aromatic nitrogens is 2. The van der Waals surface area contributed by atoms with Crippen LogP contribution in [0.3, 0.4) is 0 Å². The van der Waals surface area contributed by atoms with Crippen LogP contribution in [-0.4, -0.2) is 15.9 Å². The minimum atomic E-state index is -0.136. The number of amides is 1. The summed E-state index contributed by atoms with van der Waals surface area (Å²) < 4.78 is 0. The fraction of sp³-hybridized carbons (Fsp3) is 0.0455. The molecule has 2 aromatic carbocycles. The normalized spacial score (nSPS) is 10.4. The zero-order chi connectivity index (χ0) is 19.2. The standard InChI is InChI=1S/C22H18N4OS/c27-21(24-15-16-7-3-1-4-8-16)20-19(17-9-5-2-6-10-17)26-22(28-20)25-18-11-13-23-14-12-18/h1-14H,15H2,(H,24,27)(H,23,25,26). The lowest BCUT2D eigenvalue weighted by atomic mass is 10.1. The maximum absolute atomic E-state index is 12.9. The van der Waals surface area contributed by atoms with Crippen molar-refractivity contribution < 1.29 is 4.79 Å². The fourth-order valence-corrected chi connectivity index (χ4v) is 3.66. The van der Waals surface area contributed by atoms with Gasteiger partial charge in [-0.05, 0) is 17.7 Å². The average Bonchev–Trinajstić information content (AvgIpc) is 3.18. The van der Waals surface area contributed by atoms with E-state index in [1.165, 1.54) is 11.3 Å². The Bertz CT molecular complexity index is 1050. The molecular weight excluding hydrogens is 368 g/mol. The Balaban J connectivity index is 1.61. The maximum atomic E-state index is 12.9. The molecule has 2 N–H and O–H groups in total. The van der Waals surface area contributed by atoms with Gasteiger partial charge in [0.25, 0.3) is 5.91 Å². The molecule has 4 aromatic rings. The number of thiazole rings is 1. The van der Waals surface area contributed by atoms with Gasteiger partial charge < -0.3 is 10.6 Å². The summed E-state index contributed by atoms with van der Waals surface area (Å²) in [6.07, 6.45) is 3.42. The third-order valence-electron chi connectivity index (χ3n) is 4.11. The summed E-state index contributed by atoms with van der Waals surface area (Å²) in [5, 5.41) is 6.91. The molecule has 0 saturated heterocycles. The van der Waals surface area contributed by atoms with E-state index in [0.717, 1.165) is 16.8 Å². The van der Waals surface area contributed by atoms with E-state index in [4.69, 9.17) is 0 Å². The van der Waals surface area contributed by atoms with Gasteiger partial charge in [0, 0.05) is 30.2 Å². The van der Waals surface area contributed by atoms with Crippen LogP contribution in [-0.2, 0) is 6.54 Å². The first kappa shape index (κ1) is 17.9. The summed E-state index contributed by atoms with van der Waals surface area (Å²) in [6, 6.07) is 23.3. The molecule has 0 atom stereocenters. The smallest absolute Gasteiger partial charge is 0.264 e. The van der Waals surface area contributed by atoms with E-state index in [2.05, 4.69) is 20.6 Å². The van der Waals surface area contributed by atoms with Crippen LogP contribution >= 0.6 is 11.3 Å². The van der Waals surface area contributed by atoms with E-state index >= 15 is 0 Å². The minimum absolute atomic E-state index is 0.136. The number of hydrogen-bond donors (Lipinski definition) is 2. The summed E-state index contributed by atoms with van der Waals surface area (Å²) >= 11 is 1.34. The first-order chi connectivity index (χ1) is 13.8. The molecule has 0 radical (unpaired) electrons. The van der Waals surface area contributed by atoms with Crippen molar-refractivity contribution >= 4 is 28.1 Å². The molecule has 0 fully saturated rings. The predicted molar refractivity (Wildman–Crippen MR) is 113 cm³/mol. The van der Waals surface area contributed by atoms with Crippen molar-refractivity contribution in [2.45, 2.75) is 6.54 Å². The first-order valence-electron chi connectivity index (χ1n) is 8.85. The summed E-state index contributed by atoms with van der Waals surface area (Å²) in [7, 11) is 0. The summed E-state index contributed by atoms with van der Waals surface area (Å²) in [6.45, 7) is 0.471. The number of nitrogens with one attached hydrogen (secondary N) is 2. The molecule has 0 bridgehead atoms. The van der Waals surface area contributed by atoms with Crippen molar-refractivity contribution in [1.82, 2.24) is 15.3 Å². The minimum Gasteiger partial charge on any atom is -0.347 e. The van der Waals surface area contributed by atoms with Gasteiger partial charge in [-0.1, -0.05) is 72.0 Å². The predicted octanol–water partition coefficient (Wildman–Crippen LogP) is 4.88. The Morgan fingerprint density at radius 2 is 1.57 bits per heavy atom. The molecule has 2 heterocycles. The lowest BCUT2D eigenvalue weighted by Crippen LogP contribution is -2.22. The molecule has 0 aliphatic rings. The average molecular weight is 386 g/mol. The number of carbonyl (C=O) groups is 1. The van der Waals surface area contributed by atoms with Gasteiger partial charge in [0.15, 0.2) is 5.13 Å². The topological polar surface area (TPSA) is 66.9 Å². The summed E-state index contributed by atoms with van der Waals surface area (Å²) in [5.74, 6) is -0.136. The highest BCUT2D eigenvalue weighted by molar-refractivity contribution is 7.18. The third kappa shape index (κ3) is 4.24. The van der Waals surface area contributed by atoms with Crippen molar-refractivity contribution in [3.63, 3.8) is 0 Å². The van der Waals surface area contributed by atoms with Crippen molar-refractivity contribution in [1.29, 1.82) is 0 Å². The van der Waals surface area contributed by atoms with Crippen LogP contribution in [0.15, 0.2) is 85.2 Å². The number of hydrogen-bond acceptors (Lipinski definition) is 5. The van der Waals surface area contributed by atoms with Crippen molar-refractivity contribution in [3.8, 4) is 11.3 Å². The molecule has 0 aliphatic carbocycles. The number of rotatable bonds is 6. The molecule has 138 valence electrons. The lowest BCUT2D eigenvalue weighted by molar-refractivity contribution is 0.0955. The van der Waals surface area contributed by atoms with Crippen molar-refractivity contribution in [2.75, 3.05) is 5.32 Å². The maximum Gasteiger partial charge on any atom is 0.264 e. The molecule has 5 nitrogen and oxygen atoms in total. The van der Waals surface area contributed by atoms with Gasteiger partial charge in [-0.2, -0.15) is 0 Å². The fourth-order valence-electron chi connectivity index (χ4n) is 2.74. The van der Waals surface area contributed by atoms with Crippen molar-refractivity contribution in [2.24, 2.45) is 0 Å². The highest BCUT2D eigenvalue weighted by Gasteiger charge is 2.19. The number of pyridine rings is 1. The van der Waals surface area contributed by atoms with E-state index in [1.807, 2.05) is 72.8 Å². The Morgan fingerprint density at radius 3 is 2.29 bits per heavy atom. The largest absolute Gasteiger partial charge is 0.347 e. The molecule has 4 rings (SSSR count). The Morgan fingerprint density at radius 1 is 0.893 bits per heavy atom. The number of carbonyl (C=O) groups excluding carboxylic acids is 1. The van der Waals surface area contributed by atoms with Crippen LogP contribution in [0.2, 0.25) is 0 Å². The summed E-state index contributed by atoms with van der Waals surface area (Å²) in [4.78, 5) is 22.2. The van der Waals surface area contributed by atoms with Crippen molar-refractivity contribution in [3.05, 3.63) is 95.6 Å². The van der Waals surface area contributed by atoms with E-state index in [1.54, 1.807) is 12.4 Å². The zero-order valence-corrected chi connectivity index (χ0v) is 15.8. The van der Waals surface area contributed by atoms with Gasteiger partial charge in [-0.25, -0.2) is 4.98 Å². The van der Waals surface area contributed by atoms with Crippen LogP contribution in [0.1, 0.15) is 15.2 Å². The number of anilines is 2. The Hall–Kier alpha value is -3.51. The van der Waals surface area contributed by atoms with Gasteiger partial charge in [-0.15, -0.1) is 0 Å². The van der Waals surface area contributed by atoms with Crippen LogP contribution in [0.4, 0.5) is 10.8 Å². The third-order valence-corrected chi connectivity index (χ3v) is 5.08. The molecule has 0 saturated carbocycles. The molecule has 1 amide bonds. The lowest BCUT2D eigenvalue weighted by Gasteiger charge is -2.05. The zero-order valence-electron chi connectivity index (χ0n) is 15.0. The summed E-state index contributed by atoms with van der Waals surface area (Å²) in [5.41, 5.74) is 3.51. The molecule has 0 unspecified atom stereocenters. The Labute approximate surface area is 167 Å². The Kier molecular flexibility index (Phi) is 5.40. The molecule has 28 heavy (non-hydrogen) atoms. The molecule has 0 spiro atoms. The van der Waals surface area contributed by atoms with E-state index in [0.29, 0.717) is 22.2 Å². The highest BCUT2D eigenvalue weighted by atomic mass is 32.1. The second-order valence-corrected chi connectivity index (χ2v) is 7.09. The van der Waals surface area contributed by atoms with Crippen LogP contribution in [0, 0.1) is 0 Å².